The van der Waals surface area contributed by atoms with Gasteiger partial charge in [-0.05, 0) is 48.6 Å². The van der Waals surface area contributed by atoms with E-state index in [9.17, 15) is 9.90 Å². The topological polar surface area (TPSA) is 59.4 Å². The van der Waals surface area contributed by atoms with Crippen molar-refractivity contribution in [2.24, 2.45) is 0 Å². The van der Waals surface area contributed by atoms with E-state index in [0.717, 1.165) is 11.1 Å². The number of carbonyl (C=O) groups is 1. The molecule has 1 aromatic heterocycles. The Labute approximate surface area is 146 Å². The highest BCUT2D eigenvalue weighted by Gasteiger charge is 2.04. The number of aromatic nitrogens is 1. The molecule has 0 unspecified atom stereocenters. The first-order chi connectivity index (χ1) is 12.2. The molecule has 0 saturated carbocycles. The van der Waals surface area contributed by atoms with Crippen molar-refractivity contribution in [3.8, 4) is 11.5 Å². The summed E-state index contributed by atoms with van der Waals surface area (Å²) in [6.45, 7) is 0.407. The molecule has 0 radical (unpaired) electrons. The summed E-state index contributed by atoms with van der Waals surface area (Å²) in [5, 5.41) is 9.29. The first-order valence-electron chi connectivity index (χ1n) is 7.84. The van der Waals surface area contributed by atoms with Crippen LogP contribution in [0.15, 0.2) is 79.1 Å². The number of hydrogen-bond acceptors (Lipinski definition) is 4. The Morgan fingerprint density at radius 1 is 1.04 bits per heavy atom. The number of ether oxygens (including phenoxy) is 1. The number of aromatic hydroxyl groups is 1. The van der Waals surface area contributed by atoms with Gasteiger partial charge in [-0.15, -0.1) is 0 Å². The van der Waals surface area contributed by atoms with Crippen molar-refractivity contribution in [2.75, 3.05) is 0 Å². The van der Waals surface area contributed by atoms with E-state index < -0.39 is 0 Å². The van der Waals surface area contributed by atoms with Crippen LogP contribution in [0.2, 0.25) is 0 Å². The van der Waals surface area contributed by atoms with Crippen LogP contribution < -0.4 is 4.74 Å². The number of phenols is 1. The Hall–Kier alpha value is -3.40. The molecule has 0 aliphatic heterocycles. The first-order valence-corrected chi connectivity index (χ1v) is 7.84. The summed E-state index contributed by atoms with van der Waals surface area (Å²) >= 11 is 0. The van der Waals surface area contributed by atoms with Crippen LogP contribution in [0.4, 0.5) is 0 Å². The Balaban J connectivity index is 1.72. The highest BCUT2D eigenvalue weighted by Crippen LogP contribution is 2.21. The molecule has 124 valence electrons. The quantitative estimate of drug-likeness (QED) is 0.541. The van der Waals surface area contributed by atoms with Gasteiger partial charge in [-0.2, -0.15) is 0 Å². The molecule has 2 aromatic carbocycles. The number of para-hydroxylation sites is 1. The van der Waals surface area contributed by atoms with Gasteiger partial charge in [0, 0.05) is 29.1 Å². The highest BCUT2D eigenvalue weighted by atomic mass is 16.5. The van der Waals surface area contributed by atoms with Crippen LogP contribution in [0.1, 0.15) is 21.5 Å². The van der Waals surface area contributed by atoms with Crippen LogP contribution in [0.3, 0.4) is 0 Å². The van der Waals surface area contributed by atoms with E-state index in [0.29, 0.717) is 17.9 Å². The fraction of sp³-hybridized carbons (Fsp3) is 0.0476. The molecule has 0 amide bonds. The van der Waals surface area contributed by atoms with E-state index in [-0.39, 0.29) is 11.5 Å². The summed E-state index contributed by atoms with van der Waals surface area (Å²) in [4.78, 5) is 16.3. The summed E-state index contributed by atoms with van der Waals surface area (Å²) in [6, 6.07) is 17.5. The molecule has 0 spiro atoms. The summed E-state index contributed by atoms with van der Waals surface area (Å²) in [5.41, 5.74) is 2.31. The summed E-state index contributed by atoms with van der Waals surface area (Å²) < 4.78 is 5.84. The van der Waals surface area contributed by atoms with Crippen molar-refractivity contribution >= 4 is 11.9 Å². The highest BCUT2D eigenvalue weighted by molar-refractivity contribution is 6.07. The van der Waals surface area contributed by atoms with Gasteiger partial charge in [0.05, 0.1) is 0 Å². The molecule has 0 fully saturated rings. The average Bonchev–Trinajstić information content (AvgIpc) is 2.66. The maximum atomic E-state index is 12.2. The zero-order chi connectivity index (χ0) is 17.5. The van der Waals surface area contributed by atoms with Crippen molar-refractivity contribution in [1.29, 1.82) is 0 Å². The summed E-state index contributed by atoms with van der Waals surface area (Å²) in [5.74, 6) is 0.692. The third kappa shape index (κ3) is 4.54. The van der Waals surface area contributed by atoms with Crippen LogP contribution in [0.5, 0.6) is 11.5 Å². The van der Waals surface area contributed by atoms with Crippen molar-refractivity contribution in [3.63, 3.8) is 0 Å². The lowest BCUT2D eigenvalue weighted by atomic mass is 10.1. The molecule has 4 nitrogen and oxygen atoms in total. The maximum absolute atomic E-state index is 12.2. The van der Waals surface area contributed by atoms with Crippen molar-refractivity contribution in [2.45, 2.75) is 6.61 Å². The molecular formula is C21H17NO3. The van der Waals surface area contributed by atoms with E-state index >= 15 is 0 Å². The maximum Gasteiger partial charge on any atom is 0.185 e. The van der Waals surface area contributed by atoms with Gasteiger partial charge in [0.1, 0.15) is 18.1 Å². The zero-order valence-electron chi connectivity index (χ0n) is 13.5. The van der Waals surface area contributed by atoms with Crippen molar-refractivity contribution in [1.82, 2.24) is 4.98 Å². The third-order valence-electron chi connectivity index (χ3n) is 3.60. The second kappa shape index (κ2) is 7.93. The number of benzene rings is 2. The standard InChI is InChI=1S/C21H17NO3/c23-19-10-7-17(8-11-19)20(24)12-9-18-5-1-2-6-21(18)25-15-16-4-3-13-22-14-16/h1-14,23H,15H2/b12-9-. The first kappa shape index (κ1) is 16.5. The molecule has 4 heteroatoms. The van der Waals surface area contributed by atoms with Gasteiger partial charge in [-0.1, -0.05) is 24.3 Å². The van der Waals surface area contributed by atoms with Crippen molar-refractivity contribution in [3.05, 3.63) is 95.8 Å². The van der Waals surface area contributed by atoms with Gasteiger partial charge in [-0.3, -0.25) is 9.78 Å². The summed E-state index contributed by atoms with van der Waals surface area (Å²) in [6.07, 6.45) is 6.70. The minimum atomic E-state index is -0.137. The van der Waals surface area contributed by atoms with Gasteiger partial charge in [0.15, 0.2) is 5.78 Å². The lowest BCUT2D eigenvalue weighted by Gasteiger charge is -2.09. The second-order valence-corrected chi connectivity index (χ2v) is 5.43. The van der Waals surface area contributed by atoms with E-state index in [1.54, 1.807) is 30.6 Å². The molecule has 25 heavy (non-hydrogen) atoms. The van der Waals surface area contributed by atoms with Crippen LogP contribution in [-0.4, -0.2) is 15.9 Å². The van der Waals surface area contributed by atoms with Gasteiger partial charge in [-0.25, -0.2) is 0 Å². The van der Waals surface area contributed by atoms with Gasteiger partial charge in [0.2, 0.25) is 0 Å². The molecule has 0 aliphatic rings. The minimum absolute atomic E-state index is 0.134. The van der Waals surface area contributed by atoms with Gasteiger partial charge < -0.3 is 9.84 Å². The van der Waals surface area contributed by atoms with Gasteiger partial charge in [0.25, 0.3) is 0 Å². The summed E-state index contributed by atoms with van der Waals surface area (Å²) in [7, 11) is 0. The molecule has 0 saturated heterocycles. The largest absolute Gasteiger partial charge is 0.508 e. The Morgan fingerprint density at radius 3 is 2.60 bits per heavy atom. The fourth-order valence-electron chi connectivity index (χ4n) is 2.28. The van der Waals surface area contributed by atoms with E-state index in [1.165, 1.54) is 18.2 Å². The van der Waals surface area contributed by atoms with E-state index in [4.69, 9.17) is 4.74 Å². The number of hydrogen-bond donors (Lipinski definition) is 1. The zero-order valence-corrected chi connectivity index (χ0v) is 13.5. The molecule has 3 rings (SSSR count). The molecule has 1 heterocycles. The number of rotatable bonds is 6. The molecule has 0 atom stereocenters. The fourth-order valence-corrected chi connectivity index (χ4v) is 2.28. The van der Waals surface area contributed by atoms with Gasteiger partial charge >= 0.3 is 0 Å². The number of pyridine rings is 1. The monoisotopic (exact) mass is 331 g/mol. The van der Waals surface area contributed by atoms with E-state index in [1.807, 2.05) is 36.4 Å². The Morgan fingerprint density at radius 2 is 1.84 bits per heavy atom. The predicted molar refractivity (Wildman–Crippen MR) is 96.5 cm³/mol. The SMILES string of the molecule is O=C(/C=C\c1ccccc1OCc1cccnc1)c1ccc(O)cc1. The number of phenolic OH excluding ortho intramolecular Hbond substituents is 1. The minimum Gasteiger partial charge on any atom is -0.508 e. The predicted octanol–water partition coefficient (Wildman–Crippen LogP) is 4.26. The van der Waals surface area contributed by atoms with Crippen LogP contribution in [-0.2, 0) is 6.61 Å². The molecule has 3 aromatic rings. The smallest absolute Gasteiger partial charge is 0.185 e. The Kier molecular flexibility index (Phi) is 5.22. The van der Waals surface area contributed by atoms with E-state index in [2.05, 4.69) is 4.98 Å². The molecule has 0 bridgehead atoms. The lowest BCUT2D eigenvalue weighted by Crippen LogP contribution is -1.97. The van der Waals surface area contributed by atoms with Crippen molar-refractivity contribution < 1.29 is 14.6 Å². The molecular weight excluding hydrogens is 314 g/mol. The average molecular weight is 331 g/mol. The normalized spacial score (nSPS) is 10.7. The van der Waals surface area contributed by atoms with Crippen LogP contribution >= 0.6 is 0 Å². The molecule has 0 aliphatic carbocycles. The molecule has 1 N–H and O–H groups in total. The van der Waals surface area contributed by atoms with Crippen LogP contribution in [0.25, 0.3) is 6.08 Å². The second-order valence-electron chi connectivity index (χ2n) is 5.43. The third-order valence-corrected chi connectivity index (χ3v) is 3.60. The number of carbonyl (C=O) groups excluding carboxylic acids is 1. The van der Waals surface area contributed by atoms with Crippen LogP contribution in [0, 0.1) is 0 Å². The Bertz CT molecular complexity index is 871. The number of allylic oxidation sites excluding steroid dienone is 1. The number of nitrogens with zero attached hydrogens (tertiary/aromatic N) is 1. The number of ketones is 1. The lowest BCUT2D eigenvalue weighted by molar-refractivity contribution is 0.104.